The van der Waals surface area contributed by atoms with E-state index in [9.17, 15) is 5.02 Å². The van der Waals surface area contributed by atoms with Gasteiger partial charge in [0.15, 0.2) is 0 Å². The Bertz CT molecular complexity index is 2270. The van der Waals surface area contributed by atoms with Crippen LogP contribution in [0.3, 0.4) is 0 Å². The molecule has 0 fully saturated rings. The van der Waals surface area contributed by atoms with Crippen molar-refractivity contribution in [2.75, 3.05) is 4.90 Å². The molecule has 0 saturated carbocycles. The van der Waals surface area contributed by atoms with Crippen LogP contribution in [0.1, 0.15) is 0 Å². The van der Waals surface area contributed by atoms with Gasteiger partial charge in [0, 0.05) is 33.2 Å². The Kier molecular flexibility index (Phi) is 6.78. The fourth-order valence-electron chi connectivity index (χ4n) is 6.41. The van der Waals surface area contributed by atoms with Crippen molar-refractivity contribution in [2.24, 2.45) is 0 Å². The number of para-hydroxylation sites is 2. The number of rotatable bonds is 7. The van der Waals surface area contributed by atoms with Gasteiger partial charge in [-0.3, -0.25) is 0 Å². The van der Waals surface area contributed by atoms with Gasteiger partial charge in [0.25, 0.3) is 0 Å². The van der Waals surface area contributed by atoms with Crippen LogP contribution in [0, 0.1) is 0 Å². The first-order chi connectivity index (χ1) is 22.3. The molecule has 1 aromatic heterocycles. The first-order valence-electron chi connectivity index (χ1n) is 15.1. The first kappa shape index (κ1) is 26.8. The van der Waals surface area contributed by atoms with Gasteiger partial charge in [0.05, 0.1) is 16.7 Å². The quantitative estimate of drug-likeness (QED) is 0.191. The van der Waals surface area contributed by atoms with Gasteiger partial charge in [-0.05, 0) is 89.3 Å². The minimum Gasteiger partial charge on any atom is -0.539 e. The van der Waals surface area contributed by atoms with Crippen molar-refractivity contribution in [1.29, 1.82) is 0 Å². The predicted molar refractivity (Wildman–Crippen MR) is 188 cm³/mol. The molecule has 8 rings (SSSR count). The standard InChI is InChI=1S/C40H29BN2O2/c44-41-45-34-24-22-33(23-25-34)42(38-16-8-10-29-9-4-5-13-35(29)38)32-20-17-28(18-21-32)30-19-26-40-37(27-30)36-14-6-7-15-39(36)43(40)31-11-2-1-3-12-31/h1-27,41,44H. The largest absolute Gasteiger partial charge is 0.539 e. The number of hydrogen-bond donors (Lipinski definition) is 1. The number of fused-ring (bicyclic) bond motifs is 4. The lowest BCUT2D eigenvalue weighted by atomic mass is 10.0. The van der Waals surface area contributed by atoms with Gasteiger partial charge in [-0.1, -0.05) is 91.0 Å². The lowest BCUT2D eigenvalue weighted by molar-refractivity contribution is 0.454. The Morgan fingerprint density at radius 2 is 1.13 bits per heavy atom. The zero-order valence-corrected chi connectivity index (χ0v) is 24.5. The van der Waals surface area contributed by atoms with Crippen LogP contribution in [-0.4, -0.2) is 17.3 Å². The molecule has 0 spiro atoms. The number of aromatic nitrogens is 1. The van der Waals surface area contributed by atoms with Gasteiger partial charge < -0.3 is 19.1 Å². The second-order valence-corrected chi connectivity index (χ2v) is 11.1. The van der Waals surface area contributed by atoms with Gasteiger partial charge in [-0.2, -0.15) is 0 Å². The van der Waals surface area contributed by atoms with E-state index in [1.54, 1.807) is 0 Å². The summed E-state index contributed by atoms with van der Waals surface area (Å²) in [7, 11) is -0.355. The molecular formula is C40H29BN2O2. The number of nitrogens with zero attached hydrogens (tertiary/aromatic N) is 2. The van der Waals surface area contributed by atoms with E-state index in [1.165, 1.54) is 38.1 Å². The van der Waals surface area contributed by atoms with Crippen LogP contribution in [0.15, 0.2) is 164 Å². The summed E-state index contributed by atoms with van der Waals surface area (Å²) in [6.07, 6.45) is 0. The Morgan fingerprint density at radius 1 is 0.511 bits per heavy atom. The van der Waals surface area contributed by atoms with E-state index >= 15 is 0 Å². The summed E-state index contributed by atoms with van der Waals surface area (Å²) in [5, 5.41) is 14.0. The molecule has 1 N–H and O–H groups in total. The highest BCUT2D eigenvalue weighted by molar-refractivity contribution is 6.17. The van der Waals surface area contributed by atoms with Crippen LogP contribution < -0.4 is 9.55 Å². The molecule has 5 heteroatoms. The summed E-state index contributed by atoms with van der Waals surface area (Å²) in [5.41, 5.74) is 9.02. The van der Waals surface area contributed by atoms with E-state index < -0.39 is 0 Å². The fourth-order valence-corrected chi connectivity index (χ4v) is 6.41. The molecular weight excluding hydrogens is 551 g/mol. The number of anilines is 3. The summed E-state index contributed by atoms with van der Waals surface area (Å²) in [6, 6.07) is 57.4. The molecule has 8 aromatic rings. The topological polar surface area (TPSA) is 37.6 Å². The van der Waals surface area contributed by atoms with Gasteiger partial charge in [0.2, 0.25) is 0 Å². The van der Waals surface area contributed by atoms with Crippen LogP contribution in [0.4, 0.5) is 17.1 Å². The predicted octanol–water partition coefficient (Wildman–Crippen LogP) is 9.71. The molecule has 1 heterocycles. The molecule has 45 heavy (non-hydrogen) atoms. The molecule has 0 aliphatic heterocycles. The van der Waals surface area contributed by atoms with E-state index in [4.69, 9.17) is 4.65 Å². The number of benzene rings is 7. The van der Waals surface area contributed by atoms with E-state index in [0.717, 1.165) is 28.3 Å². The lowest BCUT2D eigenvalue weighted by Gasteiger charge is -2.27. The molecule has 0 radical (unpaired) electrons. The van der Waals surface area contributed by atoms with E-state index in [0.29, 0.717) is 5.75 Å². The van der Waals surface area contributed by atoms with Gasteiger partial charge in [-0.15, -0.1) is 0 Å². The second kappa shape index (κ2) is 11.4. The van der Waals surface area contributed by atoms with Gasteiger partial charge in [0.1, 0.15) is 5.75 Å². The molecule has 7 aromatic carbocycles. The fraction of sp³-hybridized carbons (Fsp3) is 0. The van der Waals surface area contributed by atoms with Crippen LogP contribution in [0.25, 0.3) is 49.4 Å². The molecule has 0 amide bonds. The zero-order chi connectivity index (χ0) is 30.2. The normalized spacial score (nSPS) is 11.2. The SMILES string of the molecule is OBOc1ccc(N(c2ccc(-c3ccc4c(c3)c3ccccc3n4-c3ccccc3)cc2)c2cccc3ccccc23)cc1. The monoisotopic (exact) mass is 580 g/mol. The second-order valence-electron chi connectivity index (χ2n) is 11.1. The molecule has 0 saturated heterocycles. The van der Waals surface area contributed by atoms with E-state index in [-0.39, 0.29) is 7.69 Å². The lowest BCUT2D eigenvalue weighted by Crippen LogP contribution is -2.10. The molecule has 0 aliphatic carbocycles. The summed E-state index contributed by atoms with van der Waals surface area (Å²) in [6.45, 7) is 0. The zero-order valence-electron chi connectivity index (χ0n) is 24.5. The molecule has 0 aliphatic rings. The van der Waals surface area contributed by atoms with Crippen molar-refractivity contribution in [2.45, 2.75) is 0 Å². The van der Waals surface area contributed by atoms with Crippen LogP contribution >= 0.6 is 0 Å². The average Bonchev–Trinajstić information content (AvgIpc) is 3.44. The van der Waals surface area contributed by atoms with Crippen molar-refractivity contribution in [1.82, 2.24) is 4.57 Å². The van der Waals surface area contributed by atoms with Crippen molar-refractivity contribution < 1.29 is 9.68 Å². The molecule has 214 valence electrons. The van der Waals surface area contributed by atoms with Gasteiger partial charge >= 0.3 is 7.69 Å². The van der Waals surface area contributed by atoms with Crippen molar-refractivity contribution in [3.63, 3.8) is 0 Å². The Morgan fingerprint density at radius 3 is 1.91 bits per heavy atom. The third kappa shape index (κ3) is 4.80. The smallest absolute Gasteiger partial charge is 0.504 e. The average molecular weight is 580 g/mol. The third-order valence-corrected chi connectivity index (χ3v) is 8.48. The maximum Gasteiger partial charge on any atom is 0.504 e. The summed E-state index contributed by atoms with van der Waals surface area (Å²) >= 11 is 0. The van der Waals surface area contributed by atoms with Crippen molar-refractivity contribution in [3.8, 4) is 22.6 Å². The minimum absolute atomic E-state index is 0.355. The molecule has 0 atom stereocenters. The van der Waals surface area contributed by atoms with Crippen LogP contribution in [-0.2, 0) is 0 Å². The highest BCUT2D eigenvalue weighted by atomic mass is 16.5. The highest BCUT2D eigenvalue weighted by Gasteiger charge is 2.17. The Balaban J connectivity index is 1.23. The van der Waals surface area contributed by atoms with Crippen molar-refractivity contribution >= 4 is 57.3 Å². The van der Waals surface area contributed by atoms with Crippen molar-refractivity contribution in [3.05, 3.63) is 164 Å². The summed E-state index contributed by atoms with van der Waals surface area (Å²) < 4.78 is 7.65. The van der Waals surface area contributed by atoms with E-state index in [1.807, 2.05) is 24.3 Å². The molecule has 0 bridgehead atoms. The summed E-state index contributed by atoms with van der Waals surface area (Å²) in [5.74, 6) is 0.624. The maximum atomic E-state index is 9.22. The Hall–Kier alpha value is -5.78. The van der Waals surface area contributed by atoms with Crippen LogP contribution in [0.5, 0.6) is 5.75 Å². The third-order valence-electron chi connectivity index (χ3n) is 8.48. The molecule has 4 nitrogen and oxygen atoms in total. The summed E-state index contributed by atoms with van der Waals surface area (Å²) in [4.78, 5) is 2.27. The number of hydrogen-bond acceptors (Lipinski definition) is 3. The highest BCUT2D eigenvalue weighted by Crippen LogP contribution is 2.41. The van der Waals surface area contributed by atoms with Gasteiger partial charge in [-0.25, -0.2) is 0 Å². The molecule has 0 unspecified atom stereocenters. The minimum atomic E-state index is -0.355. The Labute approximate surface area is 262 Å². The van der Waals surface area contributed by atoms with E-state index in [2.05, 4.69) is 149 Å². The van der Waals surface area contributed by atoms with Crippen LogP contribution in [0.2, 0.25) is 0 Å². The maximum absolute atomic E-state index is 9.22. The first-order valence-corrected chi connectivity index (χ1v) is 15.1.